The summed E-state index contributed by atoms with van der Waals surface area (Å²) in [5.41, 5.74) is 0.600. The number of amidine groups is 1. The van der Waals surface area contributed by atoms with Crippen LogP contribution in [0.4, 0.5) is 8.78 Å². The van der Waals surface area contributed by atoms with Crippen LogP contribution in [0.1, 0.15) is 12.0 Å². The van der Waals surface area contributed by atoms with Gasteiger partial charge in [-0.2, -0.15) is 0 Å². The summed E-state index contributed by atoms with van der Waals surface area (Å²) in [6.45, 7) is 0.690. The van der Waals surface area contributed by atoms with Crippen molar-refractivity contribution in [2.45, 2.75) is 31.3 Å². The molecular formula is C20H22ClF2N3O4. The molecule has 1 aromatic carbocycles. The quantitative estimate of drug-likeness (QED) is 0.714. The Kier molecular flexibility index (Phi) is 6.04. The zero-order chi connectivity index (χ0) is 21.4. The number of nitrogens with zero attached hydrogens (tertiary/aromatic N) is 3. The number of methoxy groups -OCH3 is 1. The molecule has 3 aliphatic rings. The van der Waals surface area contributed by atoms with Crippen LogP contribution in [0.3, 0.4) is 0 Å². The fourth-order valence-corrected chi connectivity index (χ4v) is 4.19. The third kappa shape index (κ3) is 3.93. The Morgan fingerprint density at radius 3 is 2.70 bits per heavy atom. The zero-order valence-corrected chi connectivity index (χ0v) is 17.1. The maximum Gasteiger partial charge on any atom is 0.251 e. The highest BCUT2D eigenvalue weighted by atomic mass is 35.5. The van der Waals surface area contributed by atoms with Crippen LogP contribution in [0.25, 0.3) is 0 Å². The second kappa shape index (κ2) is 8.56. The van der Waals surface area contributed by atoms with Gasteiger partial charge in [-0.25, -0.2) is 8.78 Å². The minimum atomic E-state index is -1.49. The van der Waals surface area contributed by atoms with Crippen LogP contribution in [-0.4, -0.2) is 79.2 Å². The molecule has 2 fully saturated rings. The van der Waals surface area contributed by atoms with Crippen molar-refractivity contribution in [3.63, 3.8) is 0 Å². The Hall–Kier alpha value is -2.10. The van der Waals surface area contributed by atoms with Crippen molar-refractivity contribution in [2.24, 2.45) is 10.9 Å². The van der Waals surface area contributed by atoms with Crippen molar-refractivity contribution in [3.05, 3.63) is 34.6 Å². The van der Waals surface area contributed by atoms with E-state index in [9.17, 15) is 18.4 Å². The molecule has 10 heteroatoms. The lowest BCUT2D eigenvalue weighted by molar-refractivity contribution is -0.164. The number of benzene rings is 1. The van der Waals surface area contributed by atoms with Crippen LogP contribution in [0.2, 0.25) is 5.02 Å². The van der Waals surface area contributed by atoms with Gasteiger partial charge < -0.3 is 14.4 Å². The van der Waals surface area contributed by atoms with E-state index >= 15 is 0 Å². The van der Waals surface area contributed by atoms with E-state index in [4.69, 9.17) is 21.1 Å². The molecule has 3 heterocycles. The standard InChI is InChI=1S/C20H22ClF2N3O4/c1-29-13-5-16(23)19(24-6-13)26-8-17(27)25(18(20(26)28)12-9-30-10-12)7-11-2-3-15(22)14(21)4-11/h2-4,12-13,16,18H,5-10H2,1H3/t13?,16?,18-/m1/s1. The molecule has 0 saturated carbocycles. The second-order valence-corrected chi connectivity index (χ2v) is 8.10. The molecule has 30 heavy (non-hydrogen) atoms. The van der Waals surface area contributed by atoms with E-state index in [1.165, 1.54) is 30.2 Å². The van der Waals surface area contributed by atoms with Gasteiger partial charge in [-0.05, 0) is 17.7 Å². The van der Waals surface area contributed by atoms with Gasteiger partial charge in [-0.3, -0.25) is 19.5 Å². The molecule has 162 valence electrons. The molecule has 2 saturated heterocycles. The third-order valence-electron chi connectivity index (χ3n) is 5.73. The van der Waals surface area contributed by atoms with Crippen LogP contribution < -0.4 is 0 Å². The Morgan fingerprint density at radius 2 is 2.10 bits per heavy atom. The first kappa shape index (κ1) is 21.1. The molecule has 2 unspecified atom stereocenters. The number of rotatable bonds is 4. The summed E-state index contributed by atoms with van der Waals surface area (Å²) in [4.78, 5) is 33.2. The van der Waals surface area contributed by atoms with Crippen LogP contribution in [0.15, 0.2) is 23.2 Å². The van der Waals surface area contributed by atoms with Crippen LogP contribution in [0.5, 0.6) is 0 Å². The minimum absolute atomic E-state index is 0.0173. The summed E-state index contributed by atoms with van der Waals surface area (Å²) in [5, 5.41) is -0.0574. The van der Waals surface area contributed by atoms with Crippen LogP contribution in [-0.2, 0) is 25.6 Å². The molecule has 0 N–H and O–H groups in total. The highest BCUT2D eigenvalue weighted by Crippen LogP contribution is 2.29. The molecule has 1 aromatic rings. The highest BCUT2D eigenvalue weighted by Gasteiger charge is 2.48. The number of aliphatic imine (C=N–C) groups is 1. The molecule has 3 aliphatic heterocycles. The Bertz CT molecular complexity index is 880. The minimum Gasteiger partial charge on any atom is -0.380 e. The van der Waals surface area contributed by atoms with Crippen molar-refractivity contribution < 1.29 is 27.8 Å². The molecule has 0 spiro atoms. The normalized spacial score (nSPS) is 27.9. The van der Waals surface area contributed by atoms with E-state index in [1.807, 2.05) is 0 Å². The molecule has 4 rings (SSSR count). The van der Waals surface area contributed by atoms with Crippen LogP contribution >= 0.6 is 11.6 Å². The molecule has 0 radical (unpaired) electrons. The fraction of sp³-hybridized carbons (Fsp3) is 0.550. The number of carbonyl (C=O) groups is 2. The van der Waals surface area contributed by atoms with Crippen molar-refractivity contribution in [3.8, 4) is 0 Å². The average molecular weight is 442 g/mol. The van der Waals surface area contributed by atoms with Gasteiger partial charge in [0.05, 0.1) is 30.9 Å². The average Bonchev–Trinajstić information content (AvgIpc) is 2.68. The zero-order valence-electron chi connectivity index (χ0n) is 16.4. The van der Waals surface area contributed by atoms with Gasteiger partial charge in [-0.15, -0.1) is 0 Å². The van der Waals surface area contributed by atoms with Gasteiger partial charge in [0.1, 0.15) is 24.2 Å². The Morgan fingerprint density at radius 1 is 1.33 bits per heavy atom. The number of hydrogen-bond acceptors (Lipinski definition) is 5. The molecule has 2 amide bonds. The first-order chi connectivity index (χ1) is 14.4. The van der Waals surface area contributed by atoms with Gasteiger partial charge in [0.15, 0.2) is 6.17 Å². The van der Waals surface area contributed by atoms with Crippen molar-refractivity contribution in [2.75, 3.05) is 33.4 Å². The first-order valence-corrected chi connectivity index (χ1v) is 10.1. The number of piperazine rings is 1. The maximum absolute atomic E-state index is 14.7. The van der Waals surface area contributed by atoms with Gasteiger partial charge >= 0.3 is 0 Å². The Balaban J connectivity index is 1.59. The number of alkyl halides is 1. The third-order valence-corrected chi connectivity index (χ3v) is 6.02. The van der Waals surface area contributed by atoms with E-state index in [-0.39, 0.29) is 60.7 Å². The van der Waals surface area contributed by atoms with E-state index in [1.54, 1.807) is 0 Å². The van der Waals surface area contributed by atoms with E-state index in [0.29, 0.717) is 18.8 Å². The SMILES string of the molecule is COC1CN=C(N2CC(=O)N(Cc3ccc(F)c(Cl)c3)[C@H](C3COC3)C2=O)C(F)C1. The van der Waals surface area contributed by atoms with Crippen LogP contribution in [0, 0.1) is 11.7 Å². The smallest absolute Gasteiger partial charge is 0.251 e. The first-order valence-electron chi connectivity index (χ1n) is 9.72. The second-order valence-electron chi connectivity index (χ2n) is 7.70. The summed E-state index contributed by atoms with van der Waals surface area (Å²) in [6, 6.07) is 3.37. The summed E-state index contributed by atoms with van der Waals surface area (Å²) >= 11 is 5.86. The van der Waals surface area contributed by atoms with Gasteiger partial charge in [-0.1, -0.05) is 17.7 Å². The molecular weight excluding hydrogens is 420 g/mol. The number of ether oxygens (including phenoxy) is 2. The summed E-state index contributed by atoms with van der Waals surface area (Å²) in [6.07, 6.45) is -1.75. The van der Waals surface area contributed by atoms with Crippen molar-refractivity contribution in [1.29, 1.82) is 0 Å². The molecule has 7 nitrogen and oxygen atoms in total. The van der Waals surface area contributed by atoms with Crippen molar-refractivity contribution >= 4 is 29.3 Å². The molecule has 0 aliphatic carbocycles. The predicted octanol–water partition coefficient (Wildman–Crippen LogP) is 1.82. The van der Waals surface area contributed by atoms with Crippen molar-refractivity contribution in [1.82, 2.24) is 9.80 Å². The van der Waals surface area contributed by atoms with Gasteiger partial charge in [0.2, 0.25) is 5.91 Å². The van der Waals surface area contributed by atoms with Gasteiger partial charge in [0, 0.05) is 26.0 Å². The lowest BCUT2D eigenvalue weighted by Gasteiger charge is -2.46. The predicted molar refractivity (Wildman–Crippen MR) is 104 cm³/mol. The molecule has 0 aromatic heterocycles. The largest absolute Gasteiger partial charge is 0.380 e. The number of hydrogen-bond donors (Lipinski definition) is 0. The summed E-state index contributed by atoms with van der Waals surface area (Å²) < 4.78 is 38.6. The Labute approximate surface area is 177 Å². The van der Waals surface area contributed by atoms with E-state index in [0.717, 1.165) is 4.90 Å². The fourth-order valence-electron chi connectivity index (χ4n) is 3.99. The lowest BCUT2D eigenvalue weighted by atomic mass is 9.92. The molecule has 3 atom stereocenters. The summed E-state index contributed by atoms with van der Waals surface area (Å²) in [5.74, 6) is -1.50. The van der Waals surface area contributed by atoms with E-state index in [2.05, 4.69) is 4.99 Å². The molecule has 0 bridgehead atoms. The number of amides is 2. The highest BCUT2D eigenvalue weighted by molar-refractivity contribution is 6.30. The van der Waals surface area contributed by atoms with Gasteiger partial charge in [0.25, 0.3) is 5.91 Å². The number of halogens is 3. The van der Waals surface area contributed by atoms with E-state index < -0.39 is 18.0 Å². The monoisotopic (exact) mass is 441 g/mol. The lowest BCUT2D eigenvalue weighted by Crippen LogP contribution is -2.66. The number of carbonyl (C=O) groups excluding carboxylic acids is 2. The maximum atomic E-state index is 14.7. The summed E-state index contributed by atoms with van der Waals surface area (Å²) in [7, 11) is 1.49. The topological polar surface area (TPSA) is 71.4 Å².